The molecule has 3 aromatic carbocycles. The molecular weight excluding hydrogens is 500 g/mol. The number of hydrogen-bond acceptors (Lipinski definition) is 4. The fourth-order valence-corrected chi connectivity index (χ4v) is 6.38. The van der Waals surface area contributed by atoms with Crippen LogP contribution in [-0.2, 0) is 10.0 Å². The number of sulfonamides is 1. The van der Waals surface area contributed by atoms with Crippen LogP contribution in [-0.4, -0.2) is 15.5 Å². The van der Waals surface area contributed by atoms with Crippen LogP contribution in [0.25, 0.3) is 0 Å². The number of methoxy groups -OCH3 is 1. The van der Waals surface area contributed by atoms with E-state index >= 15 is 0 Å². The molecule has 0 spiro atoms. The molecular formula is C26H25BrN2O3S. The minimum Gasteiger partial charge on any atom is -0.496 e. The Labute approximate surface area is 203 Å². The van der Waals surface area contributed by atoms with Crippen LogP contribution in [0.1, 0.15) is 35.1 Å². The molecule has 7 heteroatoms. The van der Waals surface area contributed by atoms with Gasteiger partial charge >= 0.3 is 0 Å². The summed E-state index contributed by atoms with van der Waals surface area (Å²) < 4.78 is 35.6. The Balaban J connectivity index is 1.51. The normalized spacial score (nSPS) is 21.1. The van der Waals surface area contributed by atoms with Crippen LogP contribution in [0.5, 0.6) is 5.75 Å². The highest BCUT2D eigenvalue weighted by Gasteiger charge is 2.39. The second-order valence-corrected chi connectivity index (χ2v) is 11.2. The fourth-order valence-electron chi connectivity index (χ4n) is 4.92. The molecule has 0 fully saturated rings. The number of anilines is 2. The molecule has 2 N–H and O–H groups in total. The summed E-state index contributed by atoms with van der Waals surface area (Å²) >= 11 is 3.59. The van der Waals surface area contributed by atoms with E-state index in [1.807, 2.05) is 49.4 Å². The average molecular weight is 525 g/mol. The van der Waals surface area contributed by atoms with Crippen molar-refractivity contribution >= 4 is 37.3 Å². The summed E-state index contributed by atoms with van der Waals surface area (Å²) in [5.41, 5.74) is 4.61. The van der Waals surface area contributed by atoms with Gasteiger partial charge in [0, 0.05) is 27.3 Å². The van der Waals surface area contributed by atoms with Gasteiger partial charge in [-0.05, 0) is 78.9 Å². The molecule has 0 radical (unpaired) electrons. The molecule has 0 aromatic heterocycles. The van der Waals surface area contributed by atoms with E-state index in [0.717, 1.165) is 39.0 Å². The summed E-state index contributed by atoms with van der Waals surface area (Å²) in [7, 11) is -2.02. The van der Waals surface area contributed by atoms with E-state index in [1.165, 1.54) is 0 Å². The van der Waals surface area contributed by atoms with Crippen molar-refractivity contribution in [1.82, 2.24) is 0 Å². The smallest absolute Gasteiger partial charge is 0.261 e. The SMILES string of the molecule is COc1ccc(Br)cc1[C@@H]1Nc2ccc(S(=O)(=O)Nc3cccc(C)c3)cc2[C@@H]2C=CC[C@H]21. The van der Waals surface area contributed by atoms with Crippen LogP contribution in [0.2, 0.25) is 0 Å². The molecule has 5 nitrogen and oxygen atoms in total. The first-order valence-corrected chi connectivity index (χ1v) is 13.1. The molecule has 0 unspecified atom stereocenters. The summed E-state index contributed by atoms with van der Waals surface area (Å²) in [6.07, 6.45) is 5.30. The zero-order valence-electron chi connectivity index (χ0n) is 18.4. The maximum atomic E-state index is 13.1. The van der Waals surface area contributed by atoms with Crippen molar-refractivity contribution in [3.05, 3.63) is 94.0 Å². The Morgan fingerprint density at radius 1 is 1.06 bits per heavy atom. The zero-order valence-corrected chi connectivity index (χ0v) is 20.8. The van der Waals surface area contributed by atoms with Crippen LogP contribution in [0, 0.1) is 12.8 Å². The van der Waals surface area contributed by atoms with Crippen molar-refractivity contribution in [3.63, 3.8) is 0 Å². The number of allylic oxidation sites excluding steroid dienone is 2. The van der Waals surface area contributed by atoms with Gasteiger partial charge < -0.3 is 10.1 Å². The summed E-state index contributed by atoms with van der Waals surface area (Å²) in [5.74, 6) is 1.23. The Morgan fingerprint density at radius 2 is 1.91 bits per heavy atom. The number of ether oxygens (including phenoxy) is 1. The first kappa shape index (κ1) is 22.0. The monoisotopic (exact) mass is 524 g/mol. The van der Waals surface area contributed by atoms with E-state index in [2.05, 4.69) is 44.2 Å². The summed E-state index contributed by atoms with van der Waals surface area (Å²) in [4.78, 5) is 0.266. The first-order valence-electron chi connectivity index (χ1n) is 10.9. The lowest BCUT2D eigenvalue weighted by atomic mass is 9.77. The molecule has 3 aromatic rings. The lowest BCUT2D eigenvalue weighted by Gasteiger charge is -2.38. The predicted octanol–water partition coefficient (Wildman–Crippen LogP) is 6.39. The molecule has 170 valence electrons. The van der Waals surface area contributed by atoms with Crippen molar-refractivity contribution < 1.29 is 13.2 Å². The van der Waals surface area contributed by atoms with Gasteiger partial charge in [-0.25, -0.2) is 8.42 Å². The van der Waals surface area contributed by atoms with Gasteiger partial charge in [-0.15, -0.1) is 0 Å². The lowest BCUT2D eigenvalue weighted by Crippen LogP contribution is -2.29. The molecule has 2 aliphatic rings. The quantitative estimate of drug-likeness (QED) is 0.379. The maximum absolute atomic E-state index is 13.1. The topological polar surface area (TPSA) is 67.4 Å². The van der Waals surface area contributed by atoms with E-state index < -0.39 is 10.0 Å². The first-order chi connectivity index (χ1) is 15.9. The van der Waals surface area contributed by atoms with Crippen molar-refractivity contribution in [2.24, 2.45) is 5.92 Å². The number of fused-ring (bicyclic) bond motifs is 3. The molecule has 0 bridgehead atoms. The number of benzene rings is 3. The van der Waals surface area contributed by atoms with Crippen LogP contribution >= 0.6 is 15.9 Å². The molecule has 5 rings (SSSR count). The number of hydrogen-bond donors (Lipinski definition) is 2. The summed E-state index contributed by atoms with van der Waals surface area (Å²) in [6, 6.07) is 18.8. The highest BCUT2D eigenvalue weighted by Crippen LogP contribution is 2.51. The molecule has 0 amide bonds. The van der Waals surface area contributed by atoms with Crippen LogP contribution in [0.15, 0.2) is 82.2 Å². The molecule has 33 heavy (non-hydrogen) atoms. The minimum absolute atomic E-state index is 0.0535. The Kier molecular flexibility index (Phi) is 5.70. The lowest BCUT2D eigenvalue weighted by molar-refractivity contribution is 0.381. The molecule has 0 saturated carbocycles. The Morgan fingerprint density at radius 3 is 2.70 bits per heavy atom. The highest BCUT2D eigenvalue weighted by atomic mass is 79.9. The molecule has 3 atom stereocenters. The van der Waals surface area contributed by atoms with Gasteiger partial charge in [0.25, 0.3) is 10.0 Å². The number of nitrogens with one attached hydrogen (secondary N) is 2. The van der Waals surface area contributed by atoms with E-state index in [9.17, 15) is 8.42 Å². The summed E-state index contributed by atoms with van der Waals surface area (Å²) in [5, 5.41) is 3.67. The van der Waals surface area contributed by atoms with Crippen molar-refractivity contribution in [3.8, 4) is 5.75 Å². The van der Waals surface area contributed by atoms with Gasteiger partial charge in [0.05, 0.1) is 18.0 Å². The third-order valence-electron chi connectivity index (χ3n) is 6.44. The van der Waals surface area contributed by atoms with Crippen LogP contribution in [0.3, 0.4) is 0 Å². The van der Waals surface area contributed by atoms with E-state index in [4.69, 9.17) is 4.74 Å². The fraction of sp³-hybridized carbons (Fsp3) is 0.231. The second kappa shape index (κ2) is 8.54. The minimum atomic E-state index is -3.70. The number of rotatable bonds is 5. The summed E-state index contributed by atoms with van der Waals surface area (Å²) in [6.45, 7) is 1.94. The molecule has 1 aliphatic carbocycles. The Hall–Kier alpha value is -2.77. The second-order valence-electron chi connectivity index (χ2n) is 8.59. The van der Waals surface area contributed by atoms with Crippen LogP contribution in [0.4, 0.5) is 11.4 Å². The maximum Gasteiger partial charge on any atom is 0.261 e. The van der Waals surface area contributed by atoms with E-state index in [-0.39, 0.29) is 22.8 Å². The van der Waals surface area contributed by atoms with Crippen molar-refractivity contribution in [2.45, 2.75) is 30.2 Å². The van der Waals surface area contributed by atoms with Crippen molar-refractivity contribution in [1.29, 1.82) is 0 Å². The molecule has 1 aliphatic heterocycles. The van der Waals surface area contributed by atoms with Crippen LogP contribution < -0.4 is 14.8 Å². The largest absolute Gasteiger partial charge is 0.496 e. The van der Waals surface area contributed by atoms with Gasteiger partial charge in [-0.1, -0.05) is 40.2 Å². The molecule has 0 saturated heterocycles. The van der Waals surface area contributed by atoms with Gasteiger partial charge in [0.2, 0.25) is 0 Å². The van der Waals surface area contributed by atoms with E-state index in [0.29, 0.717) is 5.69 Å². The van der Waals surface area contributed by atoms with Gasteiger partial charge in [-0.3, -0.25) is 4.72 Å². The number of halogens is 1. The van der Waals surface area contributed by atoms with Gasteiger partial charge in [-0.2, -0.15) is 0 Å². The average Bonchev–Trinajstić information content (AvgIpc) is 3.28. The molecule has 1 heterocycles. The predicted molar refractivity (Wildman–Crippen MR) is 135 cm³/mol. The van der Waals surface area contributed by atoms with E-state index in [1.54, 1.807) is 19.2 Å². The Bertz CT molecular complexity index is 1350. The van der Waals surface area contributed by atoms with Gasteiger partial charge in [0.15, 0.2) is 0 Å². The van der Waals surface area contributed by atoms with Crippen molar-refractivity contribution in [2.75, 3.05) is 17.1 Å². The third kappa shape index (κ3) is 4.15. The number of aryl methyl sites for hydroxylation is 1. The highest BCUT2D eigenvalue weighted by molar-refractivity contribution is 9.10. The van der Waals surface area contributed by atoms with Gasteiger partial charge in [0.1, 0.15) is 5.75 Å². The standard InChI is InChI=1S/C26H25BrN2O3S/c1-16-5-3-6-18(13-16)29-33(30,31)19-10-11-24-22(15-19)20-7-4-8-21(20)26(28-24)23-14-17(27)9-12-25(23)32-2/h3-7,9-15,20-21,26,28-29H,8H2,1-2H3/t20-,21-,26-/m1/s1. The third-order valence-corrected chi connectivity index (χ3v) is 8.31. The zero-order chi connectivity index (χ0) is 23.2.